The second kappa shape index (κ2) is 9.01. The van der Waals surface area contributed by atoms with Crippen LogP contribution < -0.4 is 10.4 Å². The Hall–Kier alpha value is -0.806. The first-order valence-electron chi connectivity index (χ1n) is 11.1. The van der Waals surface area contributed by atoms with E-state index in [0.717, 1.165) is 0 Å². The standard InChI is InChI=1S/C26H28S5Si2/c1-32(2,3)23-21-19(30-25(23)27-17-13-9-7-10-14-17)20-22(29-21)24(33(4,5)6)26(31-20)28-18-15-11-8-12-16-18/h7-16H,1-6H3. The zero-order valence-electron chi connectivity index (χ0n) is 19.8. The summed E-state index contributed by atoms with van der Waals surface area (Å²) in [5.41, 5.74) is 0. The highest BCUT2D eigenvalue weighted by atomic mass is 32.2. The largest absolute Gasteiger partial charge is 0.134 e. The highest BCUT2D eigenvalue weighted by Gasteiger charge is 2.33. The van der Waals surface area contributed by atoms with Crippen LogP contribution in [-0.4, -0.2) is 16.1 Å². The van der Waals surface area contributed by atoms with E-state index in [9.17, 15) is 0 Å². The zero-order valence-corrected chi connectivity index (χ0v) is 25.9. The van der Waals surface area contributed by atoms with E-state index in [1.165, 1.54) is 27.6 Å². The number of benzene rings is 2. The van der Waals surface area contributed by atoms with Gasteiger partial charge in [0.1, 0.15) is 0 Å². The molecule has 0 saturated carbocycles. The van der Waals surface area contributed by atoms with Crippen LogP contribution in [0, 0.1) is 0 Å². The Morgan fingerprint density at radius 3 is 1.18 bits per heavy atom. The lowest BCUT2D eigenvalue weighted by Crippen LogP contribution is -2.38. The van der Waals surface area contributed by atoms with Crippen LogP contribution in [0.2, 0.25) is 39.3 Å². The molecule has 0 bridgehead atoms. The summed E-state index contributed by atoms with van der Waals surface area (Å²) in [5, 5.41) is 3.34. The Labute approximate surface area is 219 Å². The first-order chi connectivity index (χ1) is 15.6. The first kappa shape index (κ1) is 23.9. The number of thiophene rings is 3. The third-order valence-corrected chi connectivity index (χ3v) is 17.0. The van der Waals surface area contributed by atoms with E-state index < -0.39 is 16.1 Å². The molecule has 170 valence electrons. The average molecular weight is 557 g/mol. The molecule has 7 heteroatoms. The Morgan fingerprint density at radius 2 is 0.848 bits per heavy atom. The van der Waals surface area contributed by atoms with Crippen molar-refractivity contribution in [2.45, 2.75) is 57.5 Å². The average Bonchev–Trinajstić information content (AvgIpc) is 3.36. The van der Waals surface area contributed by atoms with Gasteiger partial charge in [-0.15, -0.1) is 34.0 Å². The minimum atomic E-state index is -1.51. The van der Waals surface area contributed by atoms with Gasteiger partial charge in [-0.3, -0.25) is 0 Å². The van der Waals surface area contributed by atoms with Crippen molar-refractivity contribution in [3.63, 3.8) is 0 Å². The molecule has 33 heavy (non-hydrogen) atoms. The molecular formula is C26H28S5Si2. The smallest absolute Gasteiger partial charge is 0.0820 e. The van der Waals surface area contributed by atoms with E-state index in [1.54, 1.807) is 19.8 Å². The Kier molecular flexibility index (Phi) is 6.53. The molecule has 3 aromatic heterocycles. The third kappa shape index (κ3) is 4.70. The van der Waals surface area contributed by atoms with Gasteiger partial charge in [0.25, 0.3) is 0 Å². The molecule has 0 unspecified atom stereocenters. The van der Waals surface area contributed by atoms with Crippen molar-refractivity contribution >= 4 is 103 Å². The van der Waals surface area contributed by atoms with Crippen LogP contribution in [0.5, 0.6) is 0 Å². The molecular weight excluding hydrogens is 529 g/mol. The van der Waals surface area contributed by atoms with Gasteiger partial charge in [-0.1, -0.05) is 99.2 Å². The van der Waals surface area contributed by atoms with Crippen LogP contribution in [0.1, 0.15) is 0 Å². The Balaban J connectivity index is 1.72. The predicted octanol–water partition coefficient (Wildman–Crippen LogP) is 9.57. The maximum atomic E-state index is 2.51. The van der Waals surface area contributed by atoms with Gasteiger partial charge in [0, 0.05) is 19.2 Å². The summed E-state index contributed by atoms with van der Waals surface area (Å²) in [4.78, 5) is 2.69. The topological polar surface area (TPSA) is 0 Å². The molecule has 0 aliphatic rings. The first-order valence-corrected chi connectivity index (χ1v) is 22.2. The molecule has 5 rings (SSSR count). The van der Waals surface area contributed by atoms with Gasteiger partial charge in [0.15, 0.2) is 0 Å². The highest BCUT2D eigenvalue weighted by molar-refractivity contribution is 8.02. The summed E-state index contributed by atoms with van der Waals surface area (Å²) >= 11 is 10.1. The van der Waals surface area contributed by atoms with Gasteiger partial charge in [0.2, 0.25) is 0 Å². The lowest BCUT2D eigenvalue weighted by molar-refractivity contribution is 1.46. The molecule has 0 radical (unpaired) electrons. The summed E-state index contributed by atoms with van der Waals surface area (Å²) in [7, 11) is -3.01. The van der Waals surface area contributed by atoms with Crippen LogP contribution >= 0.6 is 57.5 Å². The molecule has 5 aromatic rings. The highest BCUT2D eigenvalue weighted by Crippen LogP contribution is 2.49. The Morgan fingerprint density at radius 1 is 0.485 bits per heavy atom. The SMILES string of the molecule is C[Si](C)(C)c1c(Sc2ccccc2)sc2c1sc1c([Si](C)(C)C)c(Sc3ccccc3)sc12. The van der Waals surface area contributed by atoms with Gasteiger partial charge in [-0.25, -0.2) is 0 Å². The molecule has 0 amide bonds. The Bertz CT molecular complexity index is 1310. The fourth-order valence-corrected chi connectivity index (χ4v) is 20.0. The number of hydrogen-bond acceptors (Lipinski definition) is 5. The van der Waals surface area contributed by atoms with E-state index in [2.05, 4.69) is 111 Å². The molecule has 2 aromatic carbocycles. The summed E-state index contributed by atoms with van der Waals surface area (Å²) in [5.74, 6) is 0. The summed E-state index contributed by atoms with van der Waals surface area (Å²) in [6.45, 7) is 15.0. The van der Waals surface area contributed by atoms with E-state index >= 15 is 0 Å². The van der Waals surface area contributed by atoms with Crippen molar-refractivity contribution in [2.75, 3.05) is 0 Å². The van der Waals surface area contributed by atoms with Gasteiger partial charge in [-0.2, -0.15) is 0 Å². The monoisotopic (exact) mass is 556 g/mol. The molecule has 0 atom stereocenters. The third-order valence-electron chi connectivity index (χ3n) is 5.48. The van der Waals surface area contributed by atoms with Crippen molar-refractivity contribution in [3.05, 3.63) is 60.7 Å². The lowest BCUT2D eigenvalue weighted by Gasteiger charge is -2.18. The molecule has 0 N–H and O–H groups in total. The minimum Gasteiger partial charge on any atom is -0.134 e. The van der Waals surface area contributed by atoms with Crippen LogP contribution in [0.3, 0.4) is 0 Å². The van der Waals surface area contributed by atoms with E-state index in [4.69, 9.17) is 0 Å². The van der Waals surface area contributed by atoms with Crippen LogP contribution in [0.15, 0.2) is 78.9 Å². The lowest BCUT2D eigenvalue weighted by atomic mass is 10.4. The van der Waals surface area contributed by atoms with Crippen molar-refractivity contribution in [1.82, 2.24) is 0 Å². The minimum absolute atomic E-state index is 1.34. The van der Waals surface area contributed by atoms with Crippen LogP contribution in [-0.2, 0) is 0 Å². The quantitative estimate of drug-likeness (QED) is 0.191. The van der Waals surface area contributed by atoms with Crippen molar-refractivity contribution in [2.24, 2.45) is 0 Å². The fourth-order valence-electron chi connectivity index (χ4n) is 4.02. The predicted molar refractivity (Wildman–Crippen MR) is 162 cm³/mol. The second-order valence-electron chi connectivity index (χ2n) is 10.3. The molecule has 0 fully saturated rings. The van der Waals surface area contributed by atoms with E-state index in [0.29, 0.717) is 0 Å². The zero-order chi connectivity index (χ0) is 23.4. The maximum absolute atomic E-state index is 2.51. The number of hydrogen-bond donors (Lipinski definition) is 0. The van der Waals surface area contributed by atoms with Gasteiger partial charge >= 0.3 is 0 Å². The fraction of sp³-hybridized carbons (Fsp3) is 0.231. The summed E-state index contributed by atoms with van der Waals surface area (Å²) < 4.78 is 9.27. The van der Waals surface area contributed by atoms with Crippen LogP contribution in [0.25, 0.3) is 18.8 Å². The molecule has 0 nitrogen and oxygen atoms in total. The van der Waals surface area contributed by atoms with Gasteiger partial charge in [-0.05, 0) is 34.6 Å². The maximum Gasteiger partial charge on any atom is 0.0820 e. The molecule has 3 heterocycles. The van der Waals surface area contributed by atoms with Gasteiger partial charge < -0.3 is 0 Å². The van der Waals surface area contributed by atoms with E-state index in [-0.39, 0.29) is 0 Å². The van der Waals surface area contributed by atoms with Crippen molar-refractivity contribution < 1.29 is 0 Å². The molecule has 0 aliphatic carbocycles. The number of fused-ring (bicyclic) bond motifs is 3. The second-order valence-corrected chi connectivity index (χ2v) is 26.0. The van der Waals surface area contributed by atoms with Gasteiger partial charge in [0.05, 0.1) is 34.0 Å². The number of rotatable bonds is 6. The van der Waals surface area contributed by atoms with Crippen molar-refractivity contribution in [1.29, 1.82) is 0 Å². The summed E-state index contributed by atoms with van der Waals surface area (Å²) in [6, 6.07) is 21.8. The normalized spacial score (nSPS) is 12.8. The molecule has 0 saturated heterocycles. The van der Waals surface area contributed by atoms with Crippen molar-refractivity contribution in [3.8, 4) is 0 Å². The van der Waals surface area contributed by atoms with E-state index in [1.807, 2.05) is 46.2 Å². The van der Waals surface area contributed by atoms with Crippen LogP contribution in [0.4, 0.5) is 0 Å². The summed E-state index contributed by atoms with van der Waals surface area (Å²) in [6.07, 6.45) is 0. The molecule has 0 aliphatic heterocycles. The molecule has 0 spiro atoms.